The van der Waals surface area contributed by atoms with Crippen LogP contribution in [-0.2, 0) is 4.74 Å². The minimum Gasteiger partial charge on any atom is -0.383 e. The summed E-state index contributed by atoms with van der Waals surface area (Å²) in [7, 11) is 1.70. The van der Waals surface area contributed by atoms with Crippen molar-refractivity contribution >= 4 is 0 Å². The molecule has 0 aliphatic heterocycles. The first-order chi connectivity index (χ1) is 4.19. The lowest BCUT2D eigenvalue weighted by Gasteiger charge is -2.16. The highest BCUT2D eigenvalue weighted by atomic mass is 16.5. The topological polar surface area (TPSA) is 35.2 Å². The van der Waals surface area contributed by atoms with E-state index in [9.17, 15) is 0 Å². The van der Waals surface area contributed by atoms with E-state index in [0.717, 1.165) is 0 Å². The predicted molar refractivity (Wildman–Crippen MR) is 37.2 cm³/mol. The molecule has 1 atom stereocenters. The minimum atomic E-state index is 0.252. The van der Waals surface area contributed by atoms with Crippen molar-refractivity contribution in [2.45, 2.75) is 25.8 Å². The van der Waals surface area contributed by atoms with E-state index < -0.39 is 0 Å². The number of nitrogens with two attached hydrogens (primary N) is 1. The Morgan fingerprint density at radius 2 is 2.22 bits per heavy atom. The fourth-order valence-corrected chi connectivity index (χ4v) is 0.949. The van der Waals surface area contributed by atoms with Gasteiger partial charge in [0.2, 0.25) is 0 Å². The average Bonchev–Trinajstić information content (AvgIpc) is 2.50. The lowest BCUT2D eigenvalue weighted by atomic mass is 10.0. The Hall–Kier alpha value is -0.0800. The summed E-state index contributed by atoms with van der Waals surface area (Å²) in [4.78, 5) is 0. The summed E-state index contributed by atoms with van der Waals surface area (Å²) in [6.07, 6.45) is 2.55. The van der Waals surface area contributed by atoms with E-state index in [0.29, 0.717) is 12.0 Å². The molecule has 0 spiro atoms. The van der Waals surface area contributed by atoms with Gasteiger partial charge >= 0.3 is 0 Å². The van der Waals surface area contributed by atoms with Gasteiger partial charge in [-0.3, -0.25) is 0 Å². The molecule has 0 heterocycles. The van der Waals surface area contributed by atoms with Gasteiger partial charge in [0, 0.05) is 13.2 Å². The molecule has 2 heteroatoms. The molecule has 9 heavy (non-hydrogen) atoms. The van der Waals surface area contributed by atoms with Crippen LogP contribution in [0.25, 0.3) is 0 Å². The van der Waals surface area contributed by atoms with Gasteiger partial charge in [0.15, 0.2) is 0 Å². The zero-order chi connectivity index (χ0) is 6.91. The van der Waals surface area contributed by atoms with E-state index in [1.807, 2.05) is 0 Å². The monoisotopic (exact) mass is 129 g/mol. The Balaban J connectivity index is 2.24. The Labute approximate surface area is 56.4 Å². The summed E-state index contributed by atoms with van der Waals surface area (Å²) >= 11 is 0. The van der Waals surface area contributed by atoms with E-state index in [1.165, 1.54) is 12.8 Å². The van der Waals surface area contributed by atoms with Crippen LogP contribution < -0.4 is 5.73 Å². The fourth-order valence-electron chi connectivity index (χ4n) is 0.949. The van der Waals surface area contributed by atoms with E-state index in [1.54, 1.807) is 7.11 Å². The third-order valence-electron chi connectivity index (χ3n) is 2.28. The van der Waals surface area contributed by atoms with Gasteiger partial charge in [-0.15, -0.1) is 0 Å². The zero-order valence-electron chi connectivity index (χ0n) is 6.18. The van der Waals surface area contributed by atoms with Crippen LogP contribution in [0.2, 0.25) is 0 Å². The molecule has 2 N–H and O–H groups in total. The molecule has 1 aliphatic carbocycles. The van der Waals surface area contributed by atoms with Crippen molar-refractivity contribution in [1.82, 2.24) is 0 Å². The number of rotatable bonds is 3. The minimum absolute atomic E-state index is 0.252. The molecule has 0 radical (unpaired) electrons. The lowest BCUT2D eigenvalue weighted by Crippen LogP contribution is -2.33. The molecular weight excluding hydrogens is 114 g/mol. The molecule has 0 aromatic carbocycles. The number of methoxy groups -OCH3 is 1. The summed E-state index contributed by atoms with van der Waals surface area (Å²) in [6.45, 7) is 2.92. The third kappa shape index (κ3) is 1.43. The molecule has 1 unspecified atom stereocenters. The van der Waals surface area contributed by atoms with Gasteiger partial charge < -0.3 is 10.5 Å². The highest BCUT2D eigenvalue weighted by molar-refractivity contribution is 4.96. The van der Waals surface area contributed by atoms with Crippen molar-refractivity contribution in [3.63, 3.8) is 0 Å². The Morgan fingerprint density at radius 1 is 1.67 bits per heavy atom. The van der Waals surface area contributed by atoms with Crippen LogP contribution in [0.15, 0.2) is 0 Å². The van der Waals surface area contributed by atoms with Crippen molar-refractivity contribution in [3.05, 3.63) is 0 Å². The quantitative estimate of drug-likeness (QED) is 0.610. The van der Waals surface area contributed by atoms with Crippen LogP contribution >= 0.6 is 0 Å². The molecule has 2 nitrogen and oxygen atoms in total. The molecule has 0 amide bonds. The van der Waals surface area contributed by atoms with Crippen molar-refractivity contribution in [3.8, 4) is 0 Å². The first-order valence-corrected chi connectivity index (χ1v) is 3.43. The second kappa shape index (κ2) is 2.27. The van der Waals surface area contributed by atoms with Gasteiger partial charge in [0.1, 0.15) is 0 Å². The van der Waals surface area contributed by atoms with Gasteiger partial charge in [-0.05, 0) is 18.3 Å². The lowest BCUT2D eigenvalue weighted by molar-refractivity contribution is 0.155. The molecule has 54 valence electrons. The number of ether oxygens (including phenoxy) is 1. The number of hydrogen-bond acceptors (Lipinski definition) is 2. The highest BCUT2D eigenvalue weighted by Gasteiger charge is 2.42. The van der Waals surface area contributed by atoms with Crippen LogP contribution in [-0.4, -0.2) is 19.8 Å². The fraction of sp³-hybridized carbons (Fsp3) is 1.00. The van der Waals surface area contributed by atoms with Crippen LogP contribution in [0.4, 0.5) is 0 Å². The molecule has 0 bridgehead atoms. The van der Waals surface area contributed by atoms with Crippen LogP contribution in [0, 0.1) is 5.41 Å². The maximum atomic E-state index is 5.80. The maximum Gasteiger partial charge on any atom is 0.0619 e. The van der Waals surface area contributed by atoms with Gasteiger partial charge in [-0.25, -0.2) is 0 Å². The van der Waals surface area contributed by atoms with Gasteiger partial charge in [-0.2, -0.15) is 0 Å². The van der Waals surface area contributed by atoms with Crippen molar-refractivity contribution in [2.75, 3.05) is 13.7 Å². The SMILES string of the molecule is COCC(N)C1(C)CC1. The van der Waals surface area contributed by atoms with E-state index in [2.05, 4.69) is 6.92 Å². The zero-order valence-corrected chi connectivity index (χ0v) is 6.18. The van der Waals surface area contributed by atoms with Gasteiger partial charge in [0.05, 0.1) is 6.61 Å². The Kier molecular flexibility index (Phi) is 1.78. The summed E-state index contributed by atoms with van der Waals surface area (Å²) in [5, 5.41) is 0. The summed E-state index contributed by atoms with van der Waals surface area (Å²) in [6, 6.07) is 0.252. The van der Waals surface area contributed by atoms with Crippen molar-refractivity contribution < 1.29 is 4.74 Å². The molecule has 0 aromatic rings. The van der Waals surface area contributed by atoms with Crippen molar-refractivity contribution in [2.24, 2.45) is 11.1 Å². The van der Waals surface area contributed by atoms with E-state index in [4.69, 9.17) is 10.5 Å². The average molecular weight is 129 g/mol. The van der Waals surface area contributed by atoms with Gasteiger partial charge in [-0.1, -0.05) is 6.92 Å². The van der Waals surface area contributed by atoms with Crippen LogP contribution in [0.1, 0.15) is 19.8 Å². The normalized spacial score (nSPS) is 25.7. The second-order valence-electron chi connectivity index (χ2n) is 3.22. The molecule has 1 rings (SSSR count). The van der Waals surface area contributed by atoms with E-state index >= 15 is 0 Å². The second-order valence-corrected chi connectivity index (χ2v) is 3.22. The number of hydrogen-bond donors (Lipinski definition) is 1. The largest absolute Gasteiger partial charge is 0.383 e. The van der Waals surface area contributed by atoms with E-state index in [-0.39, 0.29) is 6.04 Å². The highest BCUT2D eigenvalue weighted by Crippen LogP contribution is 2.47. The van der Waals surface area contributed by atoms with Crippen molar-refractivity contribution in [1.29, 1.82) is 0 Å². The first kappa shape index (κ1) is 7.03. The first-order valence-electron chi connectivity index (χ1n) is 3.43. The third-order valence-corrected chi connectivity index (χ3v) is 2.28. The maximum absolute atomic E-state index is 5.80. The molecular formula is C7H15NO. The molecule has 0 saturated heterocycles. The summed E-state index contributed by atoms with van der Waals surface area (Å²) in [5.41, 5.74) is 6.21. The van der Waals surface area contributed by atoms with Crippen LogP contribution in [0.3, 0.4) is 0 Å². The standard InChI is InChI=1S/C7H15NO/c1-7(3-4-7)6(8)5-9-2/h6H,3-5,8H2,1-2H3. The summed E-state index contributed by atoms with van der Waals surface area (Å²) in [5.74, 6) is 0. The predicted octanol–water partition coefficient (Wildman–Crippen LogP) is 0.760. The van der Waals surface area contributed by atoms with Gasteiger partial charge in [0.25, 0.3) is 0 Å². The Morgan fingerprint density at radius 3 is 2.56 bits per heavy atom. The molecule has 1 fully saturated rings. The molecule has 1 aliphatic rings. The molecule has 0 aromatic heterocycles. The molecule has 1 saturated carbocycles. The Bertz CT molecular complexity index is 99.1. The van der Waals surface area contributed by atoms with Crippen LogP contribution in [0.5, 0.6) is 0 Å². The summed E-state index contributed by atoms with van der Waals surface area (Å²) < 4.78 is 4.95. The smallest absolute Gasteiger partial charge is 0.0619 e.